The molecule has 1 amide bonds. The smallest absolute Gasteiger partial charge is 0.280 e. The number of nitrogen functional groups attached to an aromatic ring is 1. The molecule has 0 bridgehead atoms. The lowest BCUT2D eigenvalue weighted by Gasteiger charge is -1.98. The van der Waals surface area contributed by atoms with Crippen molar-refractivity contribution >= 4 is 28.3 Å². The van der Waals surface area contributed by atoms with Crippen LogP contribution in [0.15, 0.2) is 0 Å². The summed E-state index contributed by atoms with van der Waals surface area (Å²) in [6.07, 6.45) is 0.698. The van der Waals surface area contributed by atoms with E-state index in [9.17, 15) is 4.79 Å². The molecule has 0 saturated carbocycles. The van der Waals surface area contributed by atoms with Gasteiger partial charge in [0.1, 0.15) is 5.82 Å². The molecule has 2 rings (SSSR count). The number of hydrogen-bond acceptors (Lipinski definition) is 6. The first-order valence-corrected chi connectivity index (χ1v) is 5.83. The van der Waals surface area contributed by atoms with E-state index in [-0.39, 0.29) is 11.6 Å². The van der Waals surface area contributed by atoms with E-state index in [2.05, 4.69) is 24.9 Å². The number of carbonyl (C=O) groups excluding carboxylic acids is 1. The number of rotatable bonds is 3. The predicted molar refractivity (Wildman–Crippen MR) is 65.0 cm³/mol. The second kappa shape index (κ2) is 4.50. The average Bonchev–Trinajstić information content (AvgIpc) is 2.85. The maximum Gasteiger partial charge on any atom is 0.280 e. The number of carbonyl (C=O) groups is 1. The third-order valence-electron chi connectivity index (χ3n) is 2.20. The van der Waals surface area contributed by atoms with E-state index < -0.39 is 0 Å². The van der Waals surface area contributed by atoms with E-state index in [0.717, 1.165) is 17.2 Å². The Kier molecular flexibility index (Phi) is 3.05. The zero-order valence-corrected chi connectivity index (χ0v) is 10.3. The van der Waals surface area contributed by atoms with Gasteiger partial charge in [0.05, 0.1) is 11.4 Å². The van der Waals surface area contributed by atoms with Gasteiger partial charge in [-0.3, -0.25) is 15.2 Å². The van der Waals surface area contributed by atoms with Crippen molar-refractivity contribution in [1.82, 2.24) is 19.6 Å². The van der Waals surface area contributed by atoms with Crippen molar-refractivity contribution in [3.8, 4) is 0 Å². The number of aromatic nitrogens is 4. The summed E-state index contributed by atoms with van der Waals surface area (Å²) in [5, 5.41) is 9.65. The third-order valence-corrected chi connectivity index (χ3v) is 2.92. The van der Waals surface area contributed by atoms with E-state index >= 15 is 0 Å². The highest BCUT2D eigenvalue weighted by molar-refractivity contribution is 7.09. The van der Waals surface area contributed by atoms with Gasteiger partial charge in [-0.2, -0.15) is 9.47 Å². The molecule has 0 aliphatic heterocycles. The molecule has 0 aromatic carbocycles. The standard InChI is InChI=1S/C9H12N6OS/c1-3-5-6(10)7(14-13-5)8(16)12-9-11-4(2)15-17-9/h3,10H2,1-2H3,(H,13,14)(H,11,12,15,16). The minimum atomic E-state index is -0.380. The van der Waals surface area contributed by atoms with E-state index in [1.54, 1.807) is 6.92 Å². The number of aryl methyl sites for hydroxylation is 2. The van der Waals surface area contributed by atoms with Gasteiger partial charge in [0.25, 0.3) is 5.91 Å². The Hall–Kier alpha value is -1.96. The van der Waals surface area contributed by atoms with Gasteiger partial charge in [0.15, 0.2) is 5.69 Å². The van der Waals surface area contributed by atoms with Crippen LogP contribution in [0.25, 0.3) is 0 Å². The molecule has 0 spiro atoms. The Morgan fingerprint density at radius 1 is 1.59 bits per heavy atom. The summed E-state index contributed by atoms with van der Waals surface area (Å²) in [5.41, 5.74) is 7.11. The highest BCUT2D eigenvalue weighted by Gasteiger charge is 2.17. The maximum absolute atomic E-state index is 11.8. The number of nitrogens with two attached hydrogens (primary N) is 1. The van der Waals surface area contributed by atoms with Gasteiger partial charge < -0.3 is 5.73 Å². The molecule has 4 N–H and O–H groups in total. The summed E-state index contributed by atoms with van der Waals surface area (Å²) < 4.78 is 3.96. The molecule has 8 heteroatoms. The first-order valence-electron chi connectivity index (χ1n) is 5.06. The van der Waals surface area contributed by atoms with Gasteiger partial charge in [-0.05, 0) is 13.3 Å². The lowest BCUT2D eigenvalue weighted by Crippen LogP contribution is -2.14. The summed E-state index contributed by atoms with van der Waals surface area (Å²) in [7, 11) is 0. The predicted octanol–water partition coefficient (Wildman–Crippen LogP) is 0.967. The normalized spacial score (nSPS) is 10.5. The fourth-order valence-electron chi connectivity index (χ4n) is 1.33. The van der Waals surface area contributed by atoms with Crippen molar-refractivity contribution in [2.45, 2.75) is 20.3 Å². The number of hydrogen-bond donors (Lipinski definition) is 3. The first kappa shape index (κ1) is 11.5. The van der Waals surface area contributed by atoms with Gasteiger partial charge in [0.2, 0.25) is 5.13 Å². The maximum atomic E-state index is 11.8. The van der Waals surface area contributed by atoms with Crippen LogP contribution in [0, 0.1) is 6.92 Å². The molecular formula is C9H12N6OS. The lowest BCUT2D eigenvalue weighted by atomic mass is 10.2. The fourth-order valence-corrected chi connectivity index (χ4v) is 1.90. The monoisotopic (exact) mass is 252 g/mol. The molecule has 0 radical (unpaired) electrons. The molecule has 0 atom stereocenters. The number of amides is 1. The highest BCUT2D eigenvalue weighted by Crippen LogP contribution is 2.17. The summed E-state index contributed by atoms with van der Waals surface area (Å²) in [6.45, 7) is 3.68. The van der Waals surface area contributed by atoms with Gasteiger partial charge in [-0.25, -0.2) is 4.98 Å². The van der Waals surface area contributed by atoms with Crippen molar-refractivity contribution < 1.29 is 4.79 Å². The van der Waals surface area contributed by atoms with Crippen molar-refractivity contribution in [2.75, 3.05) is 11.1 Å². The number of nitrogens with zero attached hydrogens (tertiary/aromatic N) is 3. The second-order valence-electron chi connectivity index (χ2n) is 3.42. The van der Waals surface area contributed by atoms with Gasteiger partial charge >= 0.3 is 0 Å². The van der Waals surface area contributed by atoms with Crippen LogP contribution in [0.2, 0.25) is 0 Å². The molecule has 17 heavy (non-hydrogen) atoms. The number of aromatic amines is 1. The zero-order valence-electron chi connectivity index (χ0n) is 9.44. The Bertz CT molecular complexity index is 545. The van der Waals surface area contributed by atoms with Crippen LogP contribution in [0.1, 0.15) is 28.9 Å². The van der Waals surface area contributed by atoms with Crippen LogP contribution in [0.3, 0.4) is 0 Å². The first-order chi connectivity index (χ1) is 8.11. The Morgan fingerprint density at radius 3 is 2.88 bits per heavy atom. The van der Waals surface area contributed by atoms with E-state index in [1.807, 2.05) is 6.92 Å². The molecule has 0 aliphatic rings. The molecule has 2 aromatic heterocycles. The molecule has 2 aromatic rings. The fraction of sp³-hybridized carbons (Fsp3) is 0.333. The summed E-state index contributed by atoms with van der Waals surface area (Å²) >= 11 is 1.12. The minimum absolute atomic E-state index is 0.190. The van der Waals surface area contributed by atoms with Crippen molar-refractivity contribution in [1.29, 1.82) is 0 Å². The van der Waals surface area contributed by atoms with Crippen molar-refractivity contribution in [3.63, 3.8) is 0 Å². The number of nitrogens with one attached hydrogen (secondary N) is 2. The Morgan fingerprint density at radius 2 is 2.35 bits per heavy atom. The highest BCUT2D eigenvalue weighted by atomic mass is 32.1. The molecule has 0 unspecified atom stereocenters. The number of anilines is 2. The summed E-state index contributed by atoms with van der Waals surface area (Å²) in [4.78, 5) is 15.9. The van der Waals surface area contributed by atoms with E-state index in [4.69, 9.17) is 5.73 Å². The topological polar surface area (TPSA) is 110 Å². The van der Waals surface area contributed by atoms with Crippen LogP contribution >= 0.6 is 11.5 Å². The van der Waals surface area contributed by atoms with Crippen LogP contribution in [0.4, 0.5) is 10.8 Å². The molecule has 90 valence electrons. The van der Waals surface area contributed by atoms with Crippen LogP contribution < -0.4 is 11.1 Å². The van der Waals surface area contributed by atoms with Crippen LogP contribution in [-0.2, 0) is 6.42 Å². The summed E-state index contributed by atoms with van der Waals surface area (Å²) in [6, 6.07) is 0. The second-order valence-corrected chi connectivity index (χ2v) is 4.17. The van der Waals surface area contributed by atoms with E-state index in [0.29, 0.717) is 23.1 Å². The Labute approximate surface area is 102 Å². The van der Waals surface area contributed by atoms with Gasteiger partial charge in [-0.15, -0.1) is 0 Å². The SMILES string of the molecule is CCc1[nH]nc(C(=O)Nc2nc(C)ns2)c1N. The van der Waals surface area contributed by atoms with Crippen LogP contribution in [-0.4, -0.2) is 25.5 Å². The lowest BCUT2D eigenvalue weighted by molar-refractivity contribution is 0.102. The summed E-state index contributed by atoms with van der Waals surface area (Å²) in [5.74, 6) is 0.240. The van der Waals surface area contributed by atoms with Crippen molar-refractivity contribution in [3.05, 3.63) is 17.2 Å². The zero-order chi connectivity index (χ0) is 12.4. The molecule has 0 aliphatic carbocycles. The minimum Gasteiger partial charge on any atom is -0.395 e. The third kappa shape index (κ3) is 2.26. The molecule has 0 saturated heterocycles. The van der Waals surface area contributed by atoms with Gasteiger partial charge in [0, 0.05) is 11.5 Å². The molecule has 7 nitrogen and oxygen atoms in total. The molecular weight excluding hydrogens is 240 g/mol. The van der Waals surface area contributed by atoms with Crippen molar-refractivity contribution in [2.24, 2.45) is 0 Å². The Balaban J connectivity index is 2.17. The average molecular weight is 252 g/mol. The number of H-pyrrole nitrogens is 1. The van der Waals surface area contributed by atoms with Gasteiger partial charge in [-0.1, -0.05) is 6.92 Å². The van der Waals surface area contributed by atoms with Crippen LogP contribution in [0.5, 0.6) is 0 Å². The van der Waals surface area contributed by atoms with E-state index in [1.165, 1.54) is 0 Å². The molecule has 2 heterocycles. The largest absolute Gasteiger partial charge is 0.395 e. The molecule has 0 fully saturated rings. The quantitative estimate of drug-likeness (QED) is 0.753.